The first-order valence-corrected chi connectivity index (χ1v) is 10.9. The van der Waals surface area contributed by atoms with E-state index in [0.717, 1.165) is 6.42 Å². The second-order valence-corrected chi connectivity index (χ2v) is 8.39. The molecule has 0 aliphatic carbocycles. The Bertz CT molecular complexity index is 884. The lowest BCUT2D eigenvalue weighted by Crippen LogP contribution is -2.49. The van der Waals surface area contributed by atoms with E-state index in [2.05, 4.69) is 5.32 Å². The highest BCUT2D eigenvalue weighted by Crippen LogP contribution is 2.30. The first-order chi connectivity index (χ1) is 13.9. The highest BCUT2D eigenvalue weighted by Gasteiger charge is 2.37. The van der Waals surface area contributed by atoms with Crippen LogP contribution in [0.2, 0.25) is 10.0 Å². The molecule has 3 amide bonds. The minimum absolute atomic E-state index is 0.140. The fourth-order valence-corrected chi connectivity index (χ4v) is 4.51. The predicted molar refractivity (Wildman–Crippen MR) is 116 cm³/mol. The number of hydrogen-bond donors (Lipinski definition) is 1. The molecule has 29 heavy (non-hydrogen) atoms. The first-order valence-electron chi connectivity index (χ1n) is 9.29. The molecule has 154 valence electrons. The Kier molecular flexibility index (Phi) is 7.16. The zero-order chi connectivity index (χ0) is 21.0. The molecule has 1 saturated heterocycles. The summed E-state index contributed by atoms with van der Waals surface area (Å²) in [5.41, 5.74) is 0.319. The van der Waals surface area contributed by atoms with Crippen molar-refractivity contribution >= 4 is 57.9 Å². The van der Waals surface area contributed by atoms with Gasteiger partial charge in [-0.2, -0.15) is 0 Å². The van der Waals surface area contributed by atoms with Gasteiger partial charge in [0.2, 0.25) is 11.8 Å². The van der Waals surface area contributed by atoms with E-state index < -0.39 is 11.9 Å². The minimum Gasteiger partial charge on any atom is -0.332 e. The molecule has 0 unspecified atom stereocenters. The van der Waals surface area contributed by atoms with Crippen LogP contribution in [0, 0.1) is 0 Å². The zero-order valence-corrected chi connectivity index (χ0v) is 18.2. The molecule has 3 rings (SSSR count). The molecule has 1 N–H and O–H groups in total. The van der Waals surface area contributed by atoms with Gasteiger partial charge in [-0.25, -0.2) is 0 Å². The average Bonchev–Trinajstić information content (AvgIpc) is 3.40. The first kappa shape index (κ1) is 21.6. The Morgan fingerprint density at radius 3 is 2.55 bits per heavy atom. The smallest absolute Gasteiger partial charge is 0.264 e. The number of likely N-dealkylation sites (tertiary alicyclic amines) is 1. The molecule has 6 nitrogen and oxygen atoms in total. The van der Waals surface area contributed by atoms with Crippen LogP contribution in [0.15, 0.2) is 35.7 Å². The third-order valence-corrected chi connectivity index (χ3v) is 6.27. The Hall–Kier alpha value is -2.09. The van der Waals surface area contributed by atoms with Crippen molar-refractivity contribution in [2.75, 3.05) is 25.0 Å². The maximum atomic E-state index is 13.1. The van der Waals surface area contributed by atoms with Crippen molar-refractivity contribution in [1.82, 2.24) is 9.80 Å². The molecule has 0 spiro atoms. The average molecular weight is 454 g/mol. The van der Waals surface area contributed by atoms with Gasteiger partial charge in [0.15, 0.2) is 0 Å². The normalized spacial score (nSPS) is 16.0. The molecule has 0 saturated carbocycles. The quantitative estimate of drug-likeness (QED) is 0.713. The van der Waals surface area contributed by atoms with Crippen molar-refractivity contribution in [3.05, 3.63) is 50.6 Å². The van der Waals surface area contributed by atoms with Crippen molar-refractivity contribution in [3.8, 4) is 0 Å². The van der Waals surface area contributed by atoms with E-state index in [4.69, 9.17) is 23.2 Å². The number of carbonyl (C=O) groups is 3. The molecular formula is C20H21Cl2N3O3S. The van der Waals surface area contributed by atoms with Gasteiger partial charge in [0.1, 0.15) is 6.04 Å². The van der Waals surface area contributed by atoms with Gasteiger partial charge in [-0.15, -0.1) is 11.3 Å². The number of para-hydroxylation sites is 1. The van der Waals surface area contributed by atoms with Crippen LogP contribution in [0.1, 0.15) is 29.4 Å². The number of carbonyl (C=O) groups excluding carboxylic acids is 3. The topological polar surface area (TPSA) is 69.7 Å². The van der Waals surface area contributed by atoms with Gasteiger partial charge in [-0.3, -0.25) is 14.4 Å². The lowest BCUT2D eigenvalue weighted by atomic mass is 10.2. The van der Waals surface area contributed by atoms with Crippen molar-refractivity contribution in [3.63, 3.8) is 0 Å². The molecule has 1 aromatic carbocycles. The molecule has 1 aliphatic heterocycles. The number of amides is 3. The monoisotopic (exact) mass is 453 g/mol. The second kappa shape index (κ2) is 9.61. The van der Waals surface area contributed by atoms with Gasteiger partial charge in [0.05, 0.1) is 27.2 Å². The minimum atomic E-state index is -0.554. The summed E-state index contributed by atoms with van der Waals surface area (Å²) in [5, 5.41) is 5.15. The second-order valence-electron chi connectivity index (χ2n) is 6.63. The van der Waals surface area contributed by atoms with Gasteiger partial charge in [-0.1, -0.05) is 35.3 Å². The summed E-state index contributed by atoms with van der Waals surface area (Å²) in [6, 6.07) is 7.94. The molecule has 1 fully saturated rings. The molecule has 0 radical (unpaired) electrons. The molecule has 1 aromatic heterocycles. The van der Waals surface area contributed by atoms with Crippen molar-refractivity contribution in [2.45, 2.75) is 25.8 Å². The Morgan fingerprint density at radius 1 is 1.21 bits per heavy atom. The van der Waals surface area contributed by atoms with Crippen LogP contribution in [-0.4, -0.2) is 53.2 Å². The van der Waals surface area contributed by atoms with Crippen LogP contribution in [0.4, 0.5) is 5.69 Å². The fourth-order valence-electron chi connectivity index (χ4n) is 3.33. The zero-order valence-electron chi connectivity index (χ0n) is 15.9. The SMILES string of the molecule is CCN(CC(=O)Nc1c(Cl)cccc1Cl)C(=O)[C@@H]1CCCN1C(=O)c1cccs1. The Labute approximate surface area is 183 Å². The number of halogens is 2. The van der Waals surface area contributed by atoms with E-state index in [1.807, 2.05) is 11.4 Å². The van der Waals surface area contributed by atoms with Crippen LogP contribution < -0.4 is 5.32 Å². The van der Waals surface area contributed by atoms with Gasteiger partial charge in [0.25, 0.3) is 5.91 Å². The number of likely N-dealkylation sites (N-methyl/N-ethyl adjacent to an activating group) is 1. The maximum Gasteiger partial charge on any atom is 0.264 e. The van der Waals surface area contributed by atoms with Gasteiger partial charge in [-0.05, 0) is 43.3 Å². The van der Waals surface area contributed by atoms with Gasteiger partial charge >= 0.3 is 0 Å². The Balaban J connectivity index is 1.68. The third-order valence-electron chi connectivity index (χ3n) is 4.79. The molecular weight excluding hydrogens is 433 g/mol. The summed E-state index contributed by atoms with van der Waals surface area (Å²) in [5.74, 6) is -0.765. The Morgan fingerprint density at radius 2 is 1.93 bits per heavy atom. The fraction of sp³-hybridized carbons (Fsp3) is 0.350. The van der Waals surface area contributed by atoms with E-state index in [9.17, 15) is 14.4 Å². The highest BCUT2D eigenvalue weighted by atomic mass is 35.5. The molecule has 2 aromatic rings. The highest BCUT2D eigenvalue weighted by molar-refractivity contribution is 7.12. The van der Waals surface area contributed by atoms with Crippen molar-refractivity contribution < 1.29 is 14.4 Å². The largest absolute Gasteiger partial charge is 0.332 e. The summed E-state index contributed by atoms with van der Waals surface area (Å²) in [4.78, 5) is 42.0. The van der Waals surface area contributed by atoms with E-state index in [0.29, 0.717) is 40.1 Å². The summed E-state index contributed by atoms with van der Waals surface area (Å²) in [6.07, 6.45) is 1.34. The summed E-state index contributed by atoms with van der Waals surface area (Å²) >= 11 is 13.5. The van der Waals surface area contributed by atoms with Crippen LogP contribution >= 0.6 is 34.5 Å². The van der Waals surface area contributed by atoms with Crippen molar-refractivity contribution in [2.24, 2.45) is 0 Å². The van der Waals surface area contributed by atoms with E-state index in [1.165, 1.54) is 16.2 Å². The molecule has 1 aliphatic rings. The number of nitrogens with one attached hydrogen (secondary N) is 1. The summed E-state index contributed by atoms with van der Waals surface area (Å²) in [7, 11) is 0. The number of anilines is 1. The third kappa shape index (κ3) is 4.91. The van der Waals surface area contributed by atoms with Crippen LogP contribution in [0.25, 0.3) is 0 Å². The van der Waals surface area contributed by atoms with Crippen molar-refractivity contribution in [1.29, 1.82) is 0 Å². The van der Waals surface area contributed by atoms with Crippen LogP contribution in [-0.2, 0) is 9.59 Å². The maximum absolute atomic E-state index is 13.1. The number of rotatable bonds is 6. The molecule has 9 heteroatoms. The predicted octanol–water partition coefficient (Wildman–Crippen LogP) is 4.15. The summed E-state index contributed by atoms with van der Waals surface area (Å²) in [6.45, 7) is 2.54. The van der Waals surface area contributed by atoms with Crippen LogP contribution in [0.3, 0.4) is 0 Å². The van der Waals surface area contributed by atoms with Gasteiger partial charge in [0, 0.05) is 13.1 Å². The number of hydrogen-bond acceptors (Lipinski definition) is 4. The number of nitrogens with zero attached hydrogens (tertiary/aromatic N) is 2. The lowest BCUT2D eigenvalue weighted by Gasteiger charge is -2.29. The number of benzene rings is 1. The number of thiophene rings is 1. The van der Waals surface area contributed by atoms with E-state index in [-0.39, 0.29) is 18.4 Å². The molecule has 0 bridgehead atoms. The van der Waals surface area contributed by atoms with Crippen LogP contribution in [0.5, 0.6) is 0 Å². The van der Waals surface area contributed by atoms with Gasteiger partial charge < -0.3 is 15.1 Å². The standard InChI is InChI=1S/C20H21Cl2N3O3S/c1-2-24(12-17(26)23-18-13(21)6-3-7-14(18)22)19(27)15-8-4-10-25(15)20(28)16-9-5-11-29-16/h3,5-7,9,11,15H,2,4,8,10,12H2,1H3,(H,23,26)/t15-/m0/s1. The summed E-state index contributed by atoms with van der Waals surface area (Å²) < 4.78 is 0. The lowest BCUT2D eigenvalue weighted by molar-refractivity contribution is -0.137. The molecule has 1 atom stereocenters. The van der Waals surface area contributed by atoms with E-state index >= 15 is 0 Å². The van der Waals surface area contributed by atoms with E-state index in [1.54, 1.807) is 36.1 Å². The molecule has 2 heterocycles.